The Labute approximate surface area is 222 Å². The van der Waals surface area contributed by atoms with Gasteiger partial charge in [0, 0.05) is 18.2 Å². The first-order chi connectivity index (χ1) is 18.9. The summed E-state index contributed by atoms with van der Waals surface area (Å²) in [6.07, 6.45) is 0.612. The maximum absolute atomic E-state index is 12.6. The van der Waals surface area contributed by atoms with E-state index in [0.29, 0.717) is 12.1 Å². The monoisotopic (exact) mass is 530 g/mol. The number of ether oxygens (including phenoxy) is 2. The number of anilines is 1. The molecule has 12 heteroatoms. The van der Waals surface area contributed by atoms with Crippen molar-refractivity contribution in [2.45, 2.75) is 31.1 Å². The number of aromatic nitrogens is 4. The predicted octanol–water partition coefficient (Wildman–Crippen LogP) is 1.58. The topological polar surface area (TPSA) is 161 Å². The molecule has 0 saturated carbocycles. The Bertz CT molecular complexity index is 1490. The Morgan fingerprint density at radius 3 is 2.56 bits per heavy atom. The number of imidazole rings is 1. The minimum Gasteiger partial charge on any atom is -0.497 e. The van der Waals surface area contributed by atoms with E-state index in [2.05, 4.69) is 25.6 Å². The molecule has 2 aromatic carbocycles. The van der Waals surface area contributed by atoms with Gasteiger partial charge < -0.3 is 30.3 Å². The first-order valence-electron chi connectivity index (χ1n) is 12.1. The predicted molar refractivity (Wildman–Crippen MR) is 140 cm³/mol. The maximum Gasteiger partial charge on any atom is 0.256 e. The quantitative estimate of drug-likeness (QED) is 0.248. The summed E-state index contributed by atoms with van der Waals surface area (Å²) in [6, 6.07) is 15.9. The molecule has 0 aliphatic carbocycles. The Hall–Kier alpha value is -4.65. The molecule has 2 aromatic heterocycles. The van der Waals surface area contributed by atoms with E-state index in [1.807, 2.05) is 12.1 Å². The third-order valence-corrected chi connectivity index (χ3v) is 6.24. The van der Waals surface area contributed by atoms with Crippen molar-refractivity contribution in [2.75, 3.05) is 12.4 Å². The number of hydrogen-bond acceptors (Lipinski definition) is 9. The summed E-state index contributed by atoms with van der Waals surface area (Å²) in [5.74, 6) is 0.147. The number of benzene rings is 2. The van der Waals surface area contributed by atoms with Crippen LogP contribution in [0.2, 0.25) is 0 Å². The fourth-order valence-electron chi connectivity index (χ4n) is 4.15. The van der Waals surface area contributed by atoms with E-state index in [0.717, 1.165) is 11.3 Å². The minimum atomic E-state index is -1.34. The van der Waals surface area contributed by atoms with Crippen molar-refractivity contribution in [2.24, 2.45) is 0 Å². The average molecular weight is 531 g/mol. The lowest BCUT2D eigenvalue weighted by molar-refractivity contribution is -0.116. The summed E-state index contributed by atoms with van der Waals surface area (Å²) in [5, 5.41) is 26.7. The molecule has 3 heterocycles. The summed E-state index contributed by atoms with van der Waals surface area (Å²) >= 11 is 0. The highest BCUT2D eigenvalue weighted by Crippen LogP contribution is 2.32. The van der Waals surface area contributed by atoms with Gasteiger partial charge in [0.25, 0.3) is 5.91 Å². The molecule has 1 saturated heterocycles. The summed E-state index contributed by atoms with van der Waals surface area (Å²) in [7, 11) is 1.58. The number of aliphatic hydroxyl groups is 2. The van der Waals surface area contributed by atoms with Gasteiger partial charge in [-0.3, -0.25) is 14.2 Å². The zero-order valence-electron chi connectivity index (χ0n) is 20.8. The highest BCUT2D eigenvalue weighted by atomic mass is 16.6. The van der Waals surface area contributed by atoms with E-state index in [1.54, 1.807) is 49.6 Å². The van der Waals surface area contributed by atoms with Gasteiger partial charge in [0.05, 0.1) is 13.4 Å². The van der Waals surface area contributed by atoms with Gasteiger partial charge in [-0.25, -0.2) is 15.0 Å². The molecule has 1 aliphatic rings. The number of aliphatic hydroxyl groups excluding tert-OH is 2. The zero-order valence-corrected chi connectivity index (χ0v) is 20.8. The molecule has 0 spiro atoms. The normalized spacial score (nSPS) is 20.8. The van der Waals surface area contributed by atoms with Crippen LogP contribution in [-0.2, 0) is 16.1 Å². The highest BCUT2D eigenvalue weighted by molar-refractivity contribution is 6.06. The van der Waals surface area contributed by atoms with Crippen LogP contribution >= 0.6 is 0 Å². The molecule has 39 heavy (non-hydrogen) atoms. The second-order valence-electron chi connectivity index (χ2n) is 8.76. The van der Waals surface area contributed by atoms with Crippen molar-refractivity contribution in [1.82, 2.24) is 24.8 Å². The number of amides is 2. The van der Waals surface area contributed by atoms with Gasteiger partial charge in [0.15, 0.2) is 23.2 Å². The Kier molecular flexibility index (Phi) is 7.59. The van der Waals surface area contributed by atoms with Crippen LogP contribution in [-0.4, -0.2) is 67.0 Å². The Morgan fingerprint density at radius 1 is 1.05 bits per heavy atom. The standard InChI is InChI=1S/C27H26N6O6/c1-38-18-9-7-16(8-10-18)13-28-20(34)12-11-19-22(35)23(36)27(39-19)33-15-31-21-24(29-14-30-25(21)33)32-26(37)17-5-3-2-4-6-17/h2-12,14-15,19,22-23,27,35-36H,13H2,1H3,(H,28,34)(H,29,30,32,37)/b12-11+/t19-,22-,23-,27-/m1/s1. The molecule has 0 unspecified atom stereocenters. The molecule has 1 aliphatic heterocycles. The van der Waals surface area contributed by atoms with Crippen LogP contribution in [0.15, 0.2) is 79.4 Å². The van der Waals surface area contributed by atoms with Crippen LogP contribution in [0.3, 0.4) is 0 Å². The van der Waals surface area contributed by atoms with Gasteiger partial charge in [0.2, 0.25) is 5.91 Å². The molecule has 5 rings (SSSR count). The van der Waals surface area contributed by atoms with Gasteiger partial charge in [-0.1, -0.05) is 30.3 Å². The van der Waals surface area contributed by atoms with Gasteiger partial charge in [-0.15, -0.1) is 0 Å². The third kappa shape index (κ3) is 5.62. The zero-order chi connectivity index (χ0) is 27.4. The lowest BCUT2D eigenvalue weighted by Crippen LogP contribution is -2.31. The minimum absolute atomic E-state index is 0.186. The van der Waals surface area contributed by atoms with Gasteiger partial charge in [-0.2, -0.15) is 0 Å². The molecular weight excluding hydrogens is 504 g/mol. The van der Waals surface area contributed by atoms with E-state index >= 15 is 0 Å². The van der Waals surface area contributed by atoms with Crippen molar-refractivity contribution in [1.29, 1.82) is 0 Å². The number of carbonyl (C=O) groups is 2. The first kappa shape index (κ1) is 26.0. The average Bonchev–Trinajstić information content (AvgIpc) is 3.52. The van der Waals surface area contributed by atoms with Crippen molar-refractivity contribution in [3.05, 3.63) is 90.5 Å². The van der Waals surface area contributed by atoms with Crippen LogP contribution < -0.4 is 15.4 Å². The number of nitrogens with zero attached hydrogens (tertiary/aromatic N) is 4. The number of rotatable bonds is 8. The van der Waals surface area contributed by atoms with Crippen LogP contribution in [0.25, 0.3) is 11.2 Å². The van der Waals surface area contributed by atoms with Crippen molar-refractivity contribution < 1.29 is 29.3 Å². The first-order valence-corrected chi connectivity index (χ1v) is 12.1. The SMILES string of the molecule is COc1ccc(CNC(=O)/C=C/[C@H]2O[C@@H](n3cnc4c(NC(=O)c5ccccc5)ncnc43)[C@H](O)[C@@H]2O)cc1. The molecule has 2 amide bonds. The summed E-state index contributed by atoms with van der Waals surface area (Å²) in [5.41, 5.74) is 1.90. The fraction of sp³-hybridized carbons (Fsp3) is 0.222. The number of methoxy groups -OCH3 is 1. The van der Waals surface area contributed by atoms with Crippen molar-refractivity contribution >= 4 is 28.8 Å². The fourth-order valence-corrected chi connectivity index (χ4v) is 4.15. The second kappa shape index (κ2) is 11.4. The smallest absolute Gasteiger partial charge is 0.256 e. The van der Waals surface area contributed by atoms with Crippen molar-refractivity contribution in [3.63, 3.8) is 0 Å². The van der Waals surface area contributed by atoms with E-state index in [-0.39, 0.29) is 28.8 Å². The van der Waals surface area contributed by atoms with Crippen LogP contribution in [0.4, 0.5) is 5.82 Å². The van der Waals surface area contributed by atoms with Gasteiger partial charge in [0.1, 0.15) is 30.4 Å². The number of nitrogens with one attached hydrogen (secondary N) is 2. The van der Waals surface area contributed by atoms with E-state index in [1.165, 1.54) is 29.4 Å². The summed E-state index contributed by atoms with van der Waals surface area (Å²) < 4.78 is 12.4. The molecule has 12 nitrogen and oxygen atoms in total. The van der Waals surface area contributed by atoms with Crippen molar-refractivity contribution in [3.8, 4) is 5.75 Å². The van der Waals surface area contributed by atoms with Crippen LogP contribution in [0.5, 0.6) is 5.75 Å². The lowest BCUT2D eigenvalue weighted by atomic mass is 10.1. The Balaban J connectivity index is 1.25. The molecular formula is C27H26N6O6. The third-order valence-electron chi connectivity index (χ3n) is 6.24. The lowest BCUT2D eigenvalue weighted by Gasteiger charge is -2.16. The van der Waals surface area contributed by atoms with E-state index in [4.69, 9.17) is 9.47 Å². The summed E-state index contributed by atoms with van der Waals surface area (Å²) in [4.78, 5) is 37.5. The molecule has 200 valence electrons. The second-order valence-corrected chi connectivity index (χ2v) is 8.76. The number of carbonyl (C=O) groups excluding carboxylic acids is 2. The number of hydrogen-bond donors (Lipinski definition) is 4. The molecule has 0 radical (unpaired) electrons. The summed E-state index contributed by atoms with van der Waals surface area (Å²) in [6.45, 7) is 0.302. The maximum atomic E-state index is 12.6. The molecule has 4 N–H and O–H groups in total. The molecule has 4 atom stereocenters. The molecule has 0 bridgehead atoms. The molecule has 4 aromatic rings. The molecule has 1 fully saturated rings. The van der Waals surface area contributed by atoms with Gasteiger partial charge >= 0.3 is 0 Å². The van der Waals surface area contributed by atoms with Gasteiger partial charge in [-0.05, 0) is 35.9 Å². The highest BCUT2D eigenvalue weighted by Gasteiger charge is 2.43. The van der Waals surface area contributed by atoms with E-state index in [9.17, 15) is 19.8 Å². The number of fused-ring (bicyclic) bond motifs is 1. The van der Waals surface area contributed by atoms with Crippen LogP contribution in [0, 0.1) is 0 Å². The Morgan fingerprint density at radius 2 is 1.82 bits per heavy atom. The largest absolute Gasteiger partial charge is 0.497 e. The van der Waals surface area contributed by atoms with E-state index < -0.39 is 24.5 Å². The van der Waals surface area contributed by atoms with Crippen LogP contribution in [0.1, 0.15) is 22.1 Å².